The van der Waals surface area contributed by atoms with Gasteiger partial charge < -0.3 is 10.6 Å². The molecule has 2 amide bonds. The molecular weight excluding hydrogens is 300 g/mol. The van der Waals surface area contributed by atoms with Gasteiger partial charge in [-0.2, -0.15) is 0 Å². The fraction of sp³-hybridized carbons (Fsp3) is 0.300. The Kier molecular flexibility index (Phi) is 6.55. The third-order valence-electron chi connectivity index (χ3n) is 4.04. The SMILES string of the molecule is CCC(CC)NC(=O)C(NC(=O)c1ccccc1)c1ccccc1. The van der Waals surface area contributed by atoms with Gasteiger partial charge in [0.1, 0.15) is 6.04 Å². The minimum atomic E-state index is -0.709. The monoisotopic (exact) mass is 324 g/mol. The summed E-state index contributed by atoms with van der Waals surface area (Å²) in [7, 11) is 0. The van der Waals surface area contributed by atoms with Gasteiger partial charge in [-0.1, -0.05) is 62.4 Å². The summed E-state index contributed by atoms with van der Waals surface area (Å²) in [6.07, 6.45) is 1.72. The van der Waals surface area contributed by atoms with Gasteiger partial charge in [0.2, 0.25) is 5.91 Å². The normalized spacial score (nSPS) is 11.8. The molecule has 2 N–H and O–H groups in total. The molecule has 4 heteroatoms. The summed E-state index contributed by atoms with van der Waals surface area (Å²) in [5, 5.41) is 5.87. The summed E-state index contributed by atoms with van der Waals surface area (Å²) in [5.41, 5.74) is 1.30. The minimum Gasteiger partial charge on any atom is -0.351 e. The molecule has 2 aromatic rings. The highest BCUT2D eigenvalue weighted by Gasteiger charge is 2.24. The van der Waals surface area contributed by atoms with Gasteiger partial charge in [0.15, 0.2) is 0 Å². The van der Waals surface area contributed by atoms with Gasteiger partial charge in [0.25, 0.3) is 5.91 Å². The average molecular weight is 324 g/mol. The Morgan fingerprint density at radius 3 is 1.92 bits per heavy atom. The van der Waals surface area contributed by atoms with Crippen molar-refractivity contribution in [1.82, 2.24) is 10.6 Å². The molecule has 126 valence electrons. The van der Waals surface area contributed by atoms with Crippen molar-refractivity contribution in [2.24, 2.45) is 0 Å². The summed E-state index contributed by atoms with van der Waals surface area (Å²) in [5.74, 6) is -0.441. The van der Waals surface area contributed by atoms with E-state index in [1.54, 1.807) is 24.3 Å². The number of nitrogens with one attached hydrogen (secondary N) is 2. The minimum absolute atomic E-state index is 0.109. The van der Waals surface area contributed by atoms with E-state index in [0.29, 0.717) is 5.56 Å². The zero-order chi connectivity index (χ0) is 17.4. The van der Waals surface area contributed by atoms with Crippen LogP contribution in [0.1, 0.15) is 48.7 Å². The van der Waals surface area contributed by atoms with Crippen molar-refractivity contribution in [3.05, 3.63) is 71.8 Å². The lowest BCUT2D eigenvalue weighted by Crippen LogP contribution is -2.44. The molecule has 0 aliphatic heterocycles. The van der Waals surface area contributed by atoms with E-state index in [9.17, 15) is 9.59 Å². The van der Waals surface area contributed by atoms with Crippen LogP contribution >= 0.6 is 0 Å². The number of carbonyl (C=O) groups excluding carboxylic acids is 2. The van der Waals surface area contributed by atoms with E-state index in [-0.39, 0.29) is 17.9 Å². The van der Waals surface area contributed by atoms with Crippen LogP contribution in [0.5, 0.6) is 0 Å². The van der Waals surface area contributed by atoms with Crippen molar-refractivity contribution in [1.29, 1.82) is 0 Å². The Hall–Kier alpha value is -2.62. The van der Waals surface area contributed by atoms with E-state index in [2.05, 4.69) is 10.6 Å². The molecule has 2 aromatic carbocycles. The van der Waals surface area contributed by atoms with Gasteiger partial charge in [-0.05, 0) is 30.5 Å². The van der Waals surface area contributed by atoms with E-state index in [1.165, 1.54) is 0 Å². The maximum Gasteiger partial charge on any atom is 0.252 e. The highest BCUT2D eigenvalue weighted by Crippen LogP contribution is 2.15. The van der Waals surface area contributed by atoms with E-state index in [4.69, 9.17) is 0 Å². The molecule has 0 heterocycles. The molecule has 0 spiro atoms. The molecule has 24 heavy (non-hydrogen) atoms. The Balaban J connectivity index is 2.20. The highest BCUT2D eigenvalue weighted by molar-refractivity contribution is 5.97. The van der Waals surface area contributed by atoms with Crippen molar-refractivity contribution in [3.8, 4) is 0 Å². The summed E-state index contributed by atoms with van der Waals surface area (Å²) >= 11 is 0. The van der Waals surface area contributed by atoms with Gasteiger partial charge in [0.05, 0.1) is 0 Å². The molecule has 1 unspecified atom stereocenters. The third kappa shape index (κ3) is 4.69. The van der Waals surface area contributed by atoms with Crippen molar-refractivity contribution in [2.75, 3.05) is 0 Å². The lowest BCUT2D eigenvalue weighted by molar-refractivity contribution is -0.123. The first-order valence-corrected chi connectivity index (χ1v) is 8.37. The van der Waals surface area contributed by atoms with Crippen LogP contribution in [0.2, 0.25) is 0 Å². The molecule has 4 nitrogen and oxygen atoms in total. The first-order valence-electron chi connectivity index (χ1n) is 8.37. The van der Waals surface area contributed by atoms with Crippen molar-refractivity contribution in [3.63, 3.8) is 0 Å². The number of carbonyl (C=O) groups is 2. The molecule has 0 saturated heterocycles. The standard InChI is InChI=1S/C20H24N2O2/c1-3-17(4-2)21-20(24)18(15-11-7-5-8-12-15)22-19(23)16-13-9-6-10-14-16/h5-14,17-18H,3-4H2,1-2H3,(H,21,24)(H,22,23). The summed E-state index contributed by atoms with van der Waals surface area (Å²) < 4.78 is 0. The summed E-state index contributed by atoms with van der Waals surface area (Å²) in [6, 6.07) is 17.6. The highest BCUT2D eigenvalue weighted by atomic mass is 16.2. The summed E-state index contributed by atoms with van der Waals surface area (Å²) in [6.45, 7) is 4.07. The number of benzene rings is 2. The predicted octanol–water partition coefficient (Wildman–Crippen LogP) is 3.46. The molecule has 0 aromatic heterocycles. The molecule has 1 atom stereocenters. The Morgan fingerprint density at radius 2 is 1.38 bits per heavy atom. The van der Waals surface area contributed by atoms with Gasteiger partial charge in [-0.25, -0.2) is 0 Å². The Labute approximate surface area is 143 Å². The third-order valence-corrected chi connectivity index (χ3v) is 4.04. The van der Waals surface area contributed by atoms with Gasteiger partial charge in [-0.15, -0.1) is 0 Å². The largest absolute Gasteiger partial charge is 0.351 e. The fourth-order valence-electron chi connectivity index (χ4n) is 2.53. The zero-order valence-corrected chi connectivity index (χ0v) is 14.2. The first kappa shape index (κ1) is 17.7. The molecule has 0 saturated carbocycles. The van der Waals surface area contributed by atoms with E-state index >= 15 is 0 Å². The molecular formula is C20H24N2O2. The number of rotatable bonds is 7. The second-order valence-corrected chi connectivity index (χ2v) is 5.71. The molecule has 0 bridgehead atoms. The van der Waals surface area contributed by atoms with Crippen LogP contribution in [-0.4, -0.2) is 17.9 Å². The van der Waals surface area contributed by atoms with Crippen LogP contribution in [0, 0.1) is 0 Å². The lowest BCUT2D eigenvalue weighted by atomic mass is 10.0. The van der Waals surface area contributed by atoms with Crippen LogP contribution in [0.15, 0.2) is 60.7 Å². The zero-order valence-electron chi connectivity index (χ0n) is 14.2. The van der Waals surface area contributed by atoms with Crippen molar-refractivity contribution in [2.45, 2.75) is 38.8 Å². The van der Waals surface area contributed by atoms with Crippen molar-refractivity contribution < 1.29 is 9.59 Å². The number of hydrogen-bond acceptors (Lipinski definition) is 2. The predicted molar refractivity (Wildman–Crippen MR) is 95.6 cm³/mol. The molecule has 0 radical (unpaired) electrons. The van der Waals surface area contributed by atoms with E-state index in [1.807, 2.05) is 50.2 Å². The maximum atomic E-state index is 12.7. The van der Waals surface area contributed by atoms with Gasteiger partial charge in [0, 0.05) is 11.6 Å². The fourth-order valence-corrected chi connectivity index (χ4v) is 2.53. The smallest absolute Gasteiger partial charge is 0.252 e. The molecule has 2 rings (SSSR count). The van der Waals surface area contributed by atoms with Crippen LogP contribution in [-0.2, 0) is 4.79 Å². The molecule has 0 aliphatic carbocycles. The first-order chi connectivity index (χ1) is 11.7. The van der Waals surface area contributed by atoms with Crippen LogP contribution in [0.4, 0.5) is 0 Å². The van der Waals surface area contributed by atoms with Crippen molar-refractivity contribution >= 4 is 11.8 Å². The van der Waals surface area contributed by atoms with E-state index < -0.39 is 6.04 Å². The van der Waals surface area contributed by atoms with E-state index in [0.717, 1.165) is 18.4 Å². The summed E-state index contributed by atoms with van der Waals surface area (Å²) in [4.78, 5) is 25.2. The maximum absolute atomic E-state index is 12.7. The van der Waals surface area contributed by atoms with Crippen LogP contribution in [0.25, 0.3) is 0 Å². The van der Waals surface area contributed by atoms with Gasteiger partial charge >= 0.3 is 0 Å². The second-order valence-electron chi connectivity index (χ2n) is 5.71. The topological polar surface area (TPSA) is 58.2 Å². The molecule has 0 fully saturated rings. The Morgan fingerprint density at radius 1 is 0.833 bits per heavy atom. The van der Waals surface area contributed by atoms with Gasteiger partial charge in [-0.3, -0.25) is 9.59 Å². The number of hydrogen-bond donors (Lipinski definition) is 2. The molecule has 0 aliphatic rings. The average Bonchev–Trinajstić information content (AvgIpc) is 2.65. The second kappa shape index (κ2) is 8.87. The number of amides is 2. The quantitative estimate of drug-likeness (QED) is 0.819. The van der Waals surface area contributed by atoms with Crippen LogP contribution < -0.4 is 10.6 Å². The lowest BCUT2D eigenvalue weighted by Gasteiger charge is -2.22. The Bertz CT molecular complexity index is 652. The van der Waals surface area contributed by atoms with Crippen LogP contribution in [0.3, 0.4) is 0 Å².